The molecule has 0 atom stereocenters. The number of amides is 1. The number of carbonyl (C=O) groups excluding carboxylic acids is 1. The number of hydrogen-bond donors (Lipinski definition) is 1. The smallest absolute Gasteiger partial charge is 0.241 e. The van der Waals surface area contributed by atoms with Crippen LogP contribution in [-0.2, 0) is 4.79 Å². The van der Waals surface area contributed by atoms with Crippen LogP contribution in [0.2, 0.25) is 0 Å². The van der Waals surface area contributed by atoms with Gasteiger partial charge in [-0.25, -0.2) is 4.98 Å². The number of aromatic nitrogens is 1. The molecule has 0 aliphatic carbocycles. The predicted molar refractivity (Wildman–Crippen MR) is 82.6 cm³/mol. The van der Waals surface area contributed by atoms with Gasteiger partial charge in [0.15, 0.2) is 0 Å². The third kappa shape index (κ3) is 2.91. The highest BCUT2D eigenvalue weighted by Crippen LogP contribution is 2.25. The van der Waals surface area contributed by atoms with Crippen LogP contribution in [0.3, 0.4) is 0 Å². The average Bonchev–Trinajstić information content (AvgIpc) is 3.06. The first-order valence-electron chi connectivity index (χ1n) is 7.22. The van der Waals surface area contributed by atoms with Gasteiger partial charge in [-0.3, -0.25) is 4.79 Å². The van der Waals surface area contributed by atoms with Crippen LogP contribution in [0.25, 0.3) is 10.8 Å². The summed E-state index contributed by atoms with van der Waals surface area (Å²) in [5, 5.41) is 5.19. The van der Waals surface area contributed by atoms with Gasteiger partial charge in [-0.15, -0.1) is 0 Å². The van der Waals surface area contributed by atoms with E-state index in [2.05, 4.69) is 10.3 Å². The van der Waals surface area contributed by atoms with Crippen molar-refractivity contribution < 1.29 is 9.53 Å². The highest BCUT2D eigenvalue weighted by molar-refractivity contribution is 5.94. The molecule has 0 spiro atoms. The molecule has 0 bridgehead atoms. The average molecular weight is 285 g/mol. The van der Waals surface area contributed by atoms with Crippen molar-refractivity contribution in [2.45, 2.75) is 12.8 Å². The van der Waals surface area contributed by atoms with E-state index in [9.17, 15) is 4.79 Å². The maximum atomic E-state index is 12.1. The molecule has 21 heavy (non-hydrogen) atoms. The molecule has 2 aromatic rings. The van der Waals surface area contributed by atoms with Crippen molar-refractivity contribution >= 4 is 22.5 Å². The van der Waals surface area contributed by atoms with Crippen LogP contribution in [0.4, 0.5) is 5.82 Å². The van der Waals surface area contributed by atoms with Crippen molar-refractivity contribution in [3.8, 4) is 5.75 Å². The minimum Gasteiger partial charge on any atom is -0.497 e. The quantitative estimate of drug-likeness (QED) is 0.936. The summed E-state index contributed by atoms with van der Waals surface area (Å²) in [6.07, 6.45) is 3.96. The van der Waals surface area contributed by atoms with Gasteiger partial charge in [-0.05, 0) is 42.5 Å². The van der Waals surface area contributed by atoms with E-state index in [-0.39, 0.29) is 12.5 Å². The maximum absolute atomic E-state index is 12.1. The van der Waals surface area contributed by atoms with Gasteiger partial charge in [0.1, 0.15) is 11.6 Å². The van der Waals surface area contributed by atoms with Gasteiger partial charge in [0.25, 0.3) is 0 Å². The van der Waals surface area contributed by atoms with Gasteiger partial charge >= 0.3 is 0 Å². The monoisotopic (exact) mass is 285 g/mol. The van der Waals surface area contributed by atoms with Crippen LogP contribution in [0.5, 0.6) is 5.75 Å². The van der Waals surface area contributed by atoms with E-state index in [0.717, 1.165) is 48.3 Å². The van der Waals surface area contributed by atoms with Gasteiger partial charge in [0.2, 0.25) is 5.91 Å². The highest BCUT2D eigenvalue weighted by Gasteiger charge is 2.17. The number of ether oxygens (including phenoxy) is 1. The van der Waals surface area contributed by atoms with E-state index in [4.69, 9.17) is 4.74 Å². The SMILES string of the molecule is COc1ccc2c(NCC(=O)N3CCCC3)nccc2c1. The summed E-state index contributed by atoms with van der Waals surface area (Å²) in [4.78, 5) is 18.3. The van der Waals surface area contributed by atoms with Crippen molar-refractivity contribution in [3.05, 3.63) is 30.5 Å². The molecule has 1 N–H and O–H groups in total. The number of nitrogens with zero attached hydrogens (tertiary/aromatic N) is 2. The van der Waals surface area contributed by atoms with E-state index in [1.165, 1.54) is 0 Å². The first-order valence-corrected chi connectivity index (χ1v) is 7.22. The Morgan fingerprint density at radius 1 is 1.33 bits per heavy atom. The second kappa shape index (κ2) is 5.99. The van der Waals surface area contributed by atoms with Crippen molar-refractivity contribution in [3.63, 3.8) is 0 Å². The number of carbonyl (C=O) groups is 1. The second-order valence-corrected chi connectivity index (χ2v) is 5.19. The minimum absolute atomic E-state index is 0.139. The Hall–Kier alpha value is -2.30. The lowest BCUT2D eigenvalue weighted by Crippen LogP contribution is -2.33. The molecule has 0 radical (unpaired) electrons. The normalized spacial score (nSPS) is 14.4. The molecule has 0 unspecified atom stereocenters. The first-order chi connectivity index (χ1) is 10.3. The van der Waals surface area contributed by atoms with Crippen molar-refractivity contribution in [2.24, 2.45) is 0 Å². The highest BCUT2D eigenvalue weighted by atomic mass is 16.5. The summed E-state index contributed by atoms with van der Waals surface area (Å²) in [7, 11) is 1.65. The molecule has 1 aromatic heterocycles. The van der Waals surface area contributed by atoms with Crippen LogP contribution >= 0.6 is 0 Å². The number of nitrogens with one attached hydrogen (secondary N) is 1. The molecular weight excluding hydrogens is 266 g/mol. The zero-order chi connectivity index (χ0) is 14.7. The third-order valence-corrected chi connectivity index (χ3v) is 3.84. The molecular formula is C16H19N3O2. The molecule has 1 aliphatic rings. The Bertz CT molecular complexity index is 651. The fourth-order valence-corrected chi connectivity index (χ4v) is 2.66. The lowest BCUT2D eigenvalue weighted by molar-refractivity contribution is -0.128. The van der Waals surface area contributed by atoms with Crippen molar-refractivity contribution in [2.75, 3.05) is 32.1 Å². The van der Waals surface area contributed by atoms with Crippen molar-refractivity contribution in [1.82, 2.24) is 9.88 Å². The molecule has 1 fully saturated rings. The Labute approximate surface area is 123 Å². The fraction of sp³-hybridized carbons (Fsp3) is 0.375. The number of hydrogen-bond acceptors (Lipinski definition) is 4. The summed E-state index contributed by atoms with van der Waals surface area (Å²) in [5.74, 6) is 1.69. The van der Waals surface area contributed by atoms with Gasteiger partial charge in [-0.2, -0.15) is 0 Å². The molecule has 3 rings (SSSR count). The summed E-state index contributed by atoms with van der Waals surface area (Å²) >= 11 is 0. The zero-order valence-corrected chi connectivity index (χ0v) is 12.1. The molecule has 5 nitrogen and oxygen atoms in total. The lowest BCUT2D eigenvalue weighted by Gasteiger charge is -2.16. The van der Waals surface area contributed by atoms with Gasteiger partial charge < -0.3 is 15.0 Å². The van der Waals surface area contributed by atoms with E-state index in [1.807, 2.05) is 29.2 Å². The number of benzene rings is 1. The minimum atomic E-state index is 0.139. The molecule has 0 saturated carbocycles. The molecule has 2 heterocycles. The van der Waals surface area contributed by atoms with Gasteiger partial charge in [0.05, 0.1) is 13.7 Å². The van der Waals surface area contributed by atoms with Crippen molar-refractivity contribution in [1.29, 1.82) is 0 Å². The second-order valence-electron chi connectivity index (χ2n) is 5.19. The Morgan fingerprint density at radius 3 is 2.90 bits per heavy atom. The number of rotatable bonds is 4. The lowest BCUT2D eigenvalue weighted by atomic mass is 10.1. The number of methoxy groups -OCH3 is 1. The van der Waals surface area contributed by atoms with Crippen LogP contribution in [-0.4, -0.2) is 42.5 Å². The summed E-state index contributed by atoms with van der Waals surface area (Å²) in [6, 6.07) is 7.76. The predicted octanol–water partition coefficient (Wildman–Crippen LogP) is 2.28. The topological polar surface area (TPSA) is 54.5 Å². The molecule has 1 aliphatic heterocycles. The van der Waals surface area contributed by atoms with Crippen LogP contribution in [0.1, 0.15) is 12.8 Å². The standard InChI is InChI=1S/C16H19N3O2/c1-21-13-4-5-14-12(10-13)6-7-17-16(14)18-11-15(20)19-8-2-3-9-19/h4-7,10H,2-3,8-9,11H2,1H3,(H,17,18). The maximum Gasteiger partial charge on any atom is 0.241 e. The molecule has 1 aromatic carbocycles. The van der Waals surface area contributed by atoms with E-state index in [1.54, 1.807) is 13.3 Å². The number of anilines is 1. The molecule has 1 amide bonds. The van der Waals surface area contributed by atoms with Gasteiger partial charge in [0, 0.05) is 24.7 Å². The summed E-state index contributed by atoms with van der Waals surface area (Å²) < 4.78 is 5.23. The summed E-state index contributed by atoms with van der Waals surface area (Å²) in [5.41, 5.74) is 0. The van der Waals surface area contributed by atoms with Gasteiger partial charge in [-0.1, -0.05) is 0 Å². The first kappa shape index (κ1) is 13.7. The number of pyridine rings is 1. The number of fused-ring (bicyclic) bond motifs is 1. The largest absolute Gasteiger partial charge is 0.497 e. The zero-order valence-electron chi connectivity index (χ0n) is 12.1. The van der Waals surface area contributed by atoms with E-state index < -0.39 is 0 Å². The molecule has 110 valence electrons. The third-order valence-electron chi connectivity index (χ3n) is 3.84. The molecule has 5 heteroatoms. The van der Waals surface area contributed by atoms with E-state index in [0.29, 0.717) is 0 Å². The van der Waals surface area contributed by atoms with Crippen LogP contribution in [0.15, 0.2) is 30.5 Å². The Balaban J connectivity index is 1.75. The van der Waals surface area contributed by atoms with Crippen LogP contribution < -0.4 is 10.1 Å². The van der Waals surface area contributed by atoms with Crippen LogP contribution in [0, 0.1) is 0 Å². The summed E-state index contributed by atoms with van der Waals surface area (Å²) in [6.45, 7) is 2.04. The van der Waals surface area contributed by atoms with E-state index >= 15 is 0 Å². The fourth-order valence-electron chi connectivity index (χ4n) is 2.66. The molecule has 1 saturated heterocycles. The Morgan fingerprint density at radius 2 is 2.14 bits per heavy atom. The number of likely N-dealkylation sites (tertiary alicyclic amines) is 1. The Kier molecular flexibility index (Phi) is 3.90.